The quantitative estimate of drug-likeness (QED) is 0.691. The van der Waals surface area contributed by atoms with Crippen molar-refractivity contribution in [2.75, 3.05) is 12.3 Å². The van der Waals surface area contributed by atoms with E-state index in [1.807, 2.05) is 0 Å². The van der Waals surface area contributed by atoms with Crippen molar-refractivity contribution in [1.82, 2.24) is 4.98 Å². The number of benzene rings is 1. The van der Waals surface area contributed by atoms with Crippen LogP contribution in [0.25, 0.3) is 0 Å². The number of anilines is 1. The second-order valence-electron chi connectivity index (χ2n) is 3.87. The van der Waals surface area contributed by atoms with E-state index in [0.29, 0.717) is 16.5 Å². The molecule has 0 fully saturated rings. The number of carbonyl (C=O) groups excluding carboxylic acids is 1. The van der Waals surface area contributed by atoms with Gasteiger partial charge >= 0.3 is 5.97 Å². The number of halogens is 1. The maximum Gasteiger partial charge on any atom is 0.343 e. The zero-order chi connectivity index (χ0) is 14.5. The smallest absolute Gasteiger partial charge is 0.343 e. The van der Waals surface area contributed by atoms with Gasteiger partial charge in [-0.25, -0.2) is 9.78 Å². The molecule has 1 heterocycles. The van der Waals surface area contributed by atoms with Gasteiger partial charge in [0.15, 0.2) is 0 Å². The predicted molar refractivity (Wildman–Crippen MR) is 76.1 cm³/mol. The molecule has 0 aliphatic heterocycles. The molecule has 1 aromatic heterocycles. The maximum absolute atomic E-state index is 11.8. The van der Waals surface area contributed by atoms with Crippen molar-refractivity contribution in [3.05, 3.63) is 47.1 Å². The molecule has 0 bridgehead atoms. The van der Waals surface area contributed by atoms with Crippen LogP contribution in [0.1, 0.15) is 17.3 Å². The lowest BCUT2D eigenvalue weighted by molar-refractivity contribution is 0.0522. The highest BCUT2D eigenvalue weighted by Gasteiger charge is 2.16. The molecule has 0 spiro atoms. The zero-order valence-corrected chi connectivity index (χ0v) is 11.6. The van der Waals surface area contributed by atoms with E-state index in [0.717, 1.165) is 0 Å². The fourth-order valence-corrected chi connectivity index (χ4v) is 1.77. The molecule has 0 radical (unpaired) electrons. The summed E-state index contributed by atoms with van der Waals surface area (Å²) in [5, 5.41) is 0.338. The van der Waals surface area contributed by atoms with Crippen LogP contribution in [0.2, 0.25) is 5.02 Å². The molecule has 0 aliphatic rings. The second kappa shape index (κ2) is 6.25. The van der Waals surface area contributed by atoms with Gasteiger partial charge in [0.1, 0.15) is 11.3 Å². The summed E-state index contributed by atoms with van der Waals surface area (Å²) in [4.78, 5) is 15.8. The summed E-state index contributed by atoms with van der Waals surface area (Å²) in [6, 6.07) is 8.02. The van der Waals surface area contributed by atoms with Gasteiger partial charge in [0.2, 0.25) is 5.88 Å². The molecule has 1 aromatic carbocycles. The second-order valence-corrected chi connectivity index (χ2v) is 4.28. The summed E-state index contributed by atoms with van der Waals surface area (Å²) >= 11 is 6.02. The lowest BCUT2D eigenvalue weighted by Gasteiger charge is -2.10. The minimum atomic E-state index is -0.498. The van der Waals surface area contributed by atoms with E-state index in [4.69, 9.17) is 26.8 Å². The third kappa shape index (κ3) is 3.19. The van der Waals surface area contributed by atoms with Gasteiger partial charge in [-0.15, -0.1) is 0 Å². The molecule has 0 amide bonds. The summed E-state index contributed by atoms with van der Waals surface area (Å²) in [7, 11) is 0. The number of hydrogen-bond donors (Lipinski definition) is 1. The Hall–Kier alpha value is -2.27. The molecule has 5 nitrogen and oxygen atoms in total. The molecule has 104 valence electrons. The van der Waals surface area contributed by atoms with Crippen LogP contribution in [-0.4, -0.2) is 17.6 Å². The summed E-state index contributed by atoms with van der Waals surface area (Å²) in [5.41, 5.74) is 6.37. The first kappa shape index (κ1) is 14.1. The van der Waals surface area contributed by atoms with E-state index in [9.17, 15) is 4.79 Å². The Bertz CT molecular complexity index is 632. The minimum absolute atomic E-state index is 0.137. The molecule has 6 heteroatoms. The molecule has 0 aliphatic carbocycles. The SMILES string of the molecule is CCOC(=O)c1cccnc1Oc1ccc(N)cc1Cl. The van der Waals surface area contributed by atoms with Gasteiger partial charge in [0, 0.05) is 11.9 Å². The Morgan fingerprint density at radius 3 is 2.90 bits per heavy atom. The van der Waals surface area contributed by atoms with E-state index < -0.39 is 5.97 Å². The van der Waals surface area contributed by atoms with Crippen LogP contribution in [0.15, 0.2) is 36.5 Å². The minimum Gasteiger partial charge on any atom is -0.462 e. The predicted octanol–water partition coefficient (Wildman–Crippen LogP) is 3.29. The highest BCUT2D eigenvalue weighted by Crippen LogP contribution is 2.31. The van der Waals surface area contributed by atoms with Gasteiger partial charge in [-0.1, -0.05) is 11.6 Å². The maximum atomic E-state index is 11.8. The zero-order valence-electron chi connectivity index (χ0n) is 10.8. The number of pyridine rings is 1. The average molecular weight is 293 g/mol. The third-order valence-corrected chi connectivity index (χ3v) is 2.72. The van der Waals surface area contributed by atoms with Gasteiger partial charge in [-0.3, -0.25) is 0 Å². The Kier molecular flexibility index (Phi) is 4.42. The van der Waals surface area contributed by atoms with Crippen molar-refractivity contribution in [3.63, 3.8) is 0 Å². The summed E-state index contributed by atoms with van der Waals surface area (Å²) in [5.74, 6) is 0.00454. The molecular weight excluding hydrogens is 280 g/mol. The highest BCUT2D eigenvalue weighted by molar-refractivity contribution is 6.32. The Labute approximate surface area is 121 Å². The van der Waals surface area contributed by atoms with Crippen LogP contribution < -0.4 is 10.5 Å². The molecule has 0 saturated heterocycles. The first-order valence-corrected chi connectivity index (χ1v) is 6.34. The van der Waals surface area contributed by atoms with E-state index in [1.165, 1.54) is 6.20 Å². The average Bonchev–Trinajstić information content (AvgIpc) is 2.43. The van der Waals surface area contributed by atoms with Crippen LogP contribution >= 0.6 is 11.6 Å². The third-order valence-electron chi connectivity index (χ3n) is 2.43. The topological polar surface area (TPSA) is 74.4 Å². The van der Waals surface area contributed by atoms with Crippen LogP contribution in [0, 0.1) is 0 Å². The van der Waals surface area contributed by atoms with Crippen LogP contribution in [0.5, 0.6) is 11.6 Å². The van der Waals surface area contributed by atoms with E-state index in [1.54, 1.807) is 37.3 Å². The number of nitrogens with zero attached hydrogens (tertiary/aromatic N) is 1. The summed E-state index contributed by atoms with van der Waals surface area (Å²) in [6.45, 7) is 2.00. The normalized spacial score (nSPS) is 10.1. The molecule has 2 aromatic rings. The van der Waals surface area contributed by atoms with Gasteiger partial charge < -0.3 is 15.2 Å². The number of rotatable bonds is 4. The number of nitrogen functional groups attached to an aromatic ring is 1. The van der Waals surface area contributed by atoms with Crippen LogP contribution in [-0.2, 0) is 4.74 Å². The Balaban J connectivity index is 2.31. The van der Waals surface area contributed by atoms with Crippen molar-refractivity contribution in [2.45, 2.75) is 6.92 Å². The van der Waals surface area contributed by atoms with Crippen molar-refractivity contribution in [3.8, 4) is 11.6 Å². The van der Waals surface area contributed by atoms with Crippen molar-refractivity contribution in [1.29, 1.82) is 0 Å². The molecule has 0 atom stereocenters. The van der Waals surface area contributed by atoms with Gasteiger partial charge in [-0.05, 0) is 37.3 Å². The summed E-state index contributed by atoms with van der Waals surface area (Å²) in [6.07, 6.45) is 1.52. The van der Waals surface area contributed by atoms with Crippen LogP contribution in [0.3, 0.4) is 0 Å². The molecule has 0 unspecified atom stereocenters. The number of nitrogens with two attached hydrogens (primary N) is 1. The number of esters is 1. The van der Waals surface area contributed by atoms with Crippen molar-refractivity contribution < 1.29 is 14.3 Å². The van der Waals surface area contributed by atoms with Gasteiger partial charge in [0.25, 0.3) is 0 Å². The molecule has 2 rings (SSSR count). The molecule has 0 saturated carbocycles. The Morgan fingerprint density at radius 2 is 2.20 bits per heavy atom. The summed E-state index contributed by atoms with van der Waals surface area (Å²) < 4.78 is 10.5. The fourth-order valence-electron chi connectivity index (χ4n) is 1.54. The largest absolute Gasteiger partial charge is 0.462 e. The van der Waals surface area contributed by atoms with Crippen LogP contribution in [0.4, 0.5) is 5.69 Å². The monoisotopic (exact) mass is 292 g/mol. The molecule has 2 N–H and O–H groups in total. The van der Waals surface area contributed by atoms with Crippen molar-refractivity contribution in [2.24, 2.45) is 0 Å². The van der Waals surface area contributed by atoms with E-state index >= 15 is 0 Å². The first-order valence-electron chi connectivity index (χ1n) is 5.97. The highest BCUT2D eigenvalue weighted by atomic mass is 35.5. The van der Waals surface area contributed by atoms with E-state index in [-0.39, 0.29) is 18.1 Å². The number of hydrogen-bond acceptors (Lipinski definition) is 5. The van der Waals surface area contributed by atoms with E-state index in [2.05, 4.69) is 4.98 Å². The number of ether oxygens (including phenoxy) is 2. The molecular formula is C14H13ClN2O3. The lowest BCUT2D eigenvalue weighted by atomic mass is 10.2. The standard InChI is InChI=1S/C14H13ClN2O3/c1-2-19-14(18)10-4-3-7-17-13(10)20-12-6-5-9(16)8-11(12)15/h3-8H,2,16H2,1H3. The molecule has 20 heavy (non-hydrogen) atoms. The first-order chi connectivity index (χ1) is 9.61. The Morgan fingerprint density at radius 1 is 1.40 bits per heavy atom. The van der Waals surface area contributed by atoms with Crippen molar-refractivity contribution >= 4 is 23.3 Å². The van der Waals surface area contributed by atoms with Gasteiger partial charge in [-0.2, -0.15) is 0 Å². The van der Waals surface area contributed by atoms with Gasteiger partial charge in [0.05, 0.1) is 11.6 Å². The number of aromatic nitrogens is 1. The fraction of sp³-hybridized carbons (Fsp3) is 0.143. The lowest BCUT2D eigenvalue weighted by Crippen LogP contribution is -2.07. The number of carbonyl (C=O) groups is 1.